The van der Waals surface area contributed by atoms with Gasteiger partial charge in [-0.3, -0.25) is 4.99 Å². The minimum atomic E-state index is -1.94. The van der Waals surface area contributed by atoms with Crippen molar-refractivity contribution in [3.05, 3.63) is 47.8 Å². The van der Waals surface area contributed by atoms with Crippen LogP contribution in [0.5, 0.6) is 0 Å². The van der Waals surface area contributed by atoms with Crippen LogP contribution in [0.15, 0.2) is 41.7 Å². The number of anilines is 2. The van der Waals surface area contributed by atoms with Gasteiger partial charge in [-0.25, -0.2) is 9.97 Å². The molecule has 2 aromatic rings. The summed E-state index contributed by atoms with van der Waals surface area (Å²) in [5, 5.41) is 3.54. The normalized spacial score (nSPS) is 20.0. The fourth-order valence-electron chi connectivity index (χ4n) is 6.34. The molecule has 0 amide bonds. The molecule has 7 nitrogen and oxygen atoms in total. The first kappa shape index (κ1) is 27.7. The van der Waals surface area contributed by atoms with Crippen molar-refractivity contribution in [2.75, 3.05) is 36.5 Å². The number of nitrogens with one attached hydrogen (secondary N) is 1. The highest BCUT2D eigenvalue weighted by molar-refractivity contribution is 6.77. The van der Waals surface area contributed by atoms with E-state index in [0.717, 1.165) is 36.6 Å². The van der Waals surface area contributed by atoms with Crippen molar-refractivity contribution in [3.8, 4) is 0 Å². The molecule has 1 aromatic carbocycles. The zero-order valence-corrected chi connectivity index (χ0v) is 24.5. The molecule has 1 aromatic heterocycles. The lowest BCUT2D eigenvalue weighted by Gasteiger charge is -2.42. The van der Waals surface area contributed by atoms with Crippen molar-refractivity contribution in [1.29, 1.82) is 0 Å². The van der Waals surface area contributed by atoms with Gasteiger partial charge in [-0.05, 0) is 35.0 Å². The first-order valence-corrected chi connectivity index (χ1v) is 16.1. The number of benzene rings is 1. The maximum absolute atomic E-state index is 6.86. The van der Waals surface area contributed by atoms with Gasteiger partial charge < -0.3 is 19.4 Å². The molecule has 202 valence electrons. The molecule has 1 fully saturated rings. The minimum Gasteiger partial charge on any atom is -0.414 e. The van der Waals surface area contributed by atoms with Crippen LogP contribution in [0.3, 0.4) is 0 Å². The molecule has 0 aliphatic carbocycles. The van der Waals surface area contributed by atoms with Gasteiger partial charge in [0.2, 0.25) is 0 Å². The average Bonchev–Trinajstić information content (AvgIpc) is 3.23. The molecule has 8 heteroatoms. The second kappa shape index (κ2) is 12.5. The maximum Gasteiger partial charge on any atom is 0.200 e. The number of fused-ring (bicyclic) bond motifs is 1. The summed E-state index contributed by atoms with van der Waals surface area (Å²) in [6, 6.07) is 10.7. The Kier molecular flexibility index (Phi) is 9.37. The molecule has 2 aliphatic rings. The summed E-state index contributed by atoms with van der Waals surface area (Å²) in [5.74, 6) is 1.80. The van der Waals surface area contributed by atoms with Crippen LogP contribution in [0.1, 0.15) is 65.5 Å². The molecule has 0 radical (unpaired) electrons. The van der Waals surface area contributed by atoms with Gasteiger partial charge in [0.05, 0.1) is 37.5 Å². The quantitative estimate of drug-likeness (QED) is 0.361. The van der Waals surface area contributed by atoms with E-state index in [2.05, 4.69) is 81.0 Å². The third-order valence-electron chi connectivity index (χ3n) is 8.09. The van der Waals surface area contributed by atoms with Crippen molar-refractivity contribution in [3.63, 3.8) is 0 Å². The summed E-state index contributed by atoms with van der Waals surface area (Å²) in [5.41, 5.74) is 3.84. The van der Waals surface area contributed by atoms with Gasteiger partial charge in [0.15, 0.2) is 8.32 Å². The van der Waals surface area contributed by atoms with Crippen LogP contribution in [0.2, 0.25) is 16.6 Å². The fraction of sp³-hybridized carbons (Fsp3) is 0.621. The Bertz CT molecular complexity index is 1010. The molecular weight excluding hydrogens is 478 g/mol. The van der Waals surface area contributed by atoms with Crippen molar-refractivity contribution in [2.45, 2.75) is 89.7 Å². The molecule has 0 spiro atoms. The van der Waals surface area contributed by atoms with Gasteiger partial charge in [-0.2, -0.15) is 0 Å². The summed E-state index contributed by atoms with van der Waals surface area (Å²) < 4.78 is 13.0. The Morgan fingerprint density at radius 1 is 1.00 bits per heavy atom. The zero-order chi connectivity index (χ0) is 26.4. The number of hydrogen-bond donors (Lipinski definition) is 1. The molecule has 1 N–H and O–H groups in total. The summed E-state index contributed by atoms with van der Waals surface area (Å²) in [4.78, 5) is 16.6. The highest BCUT2D eigenvalue weighted by Gasteiger charge is 2.45. The van der Waals surface area contributed by atoms with E-state index >= 15 is 0 Å². The predicted octanol–water partition coefficient (Wildman–Crippen LogP) is 6.07. The van der Waals surface area contributed by atoms with Gasteiger partial charge in [0.25, 0.3) is 0 Å². The highest BCUT2D eigenvalue weighted by Crippen LogP contribution is 2.42. The number of aliphatic imine (C=N–C) groups is 1. The van der Waals surface area contributed by atoms with Crippen molar-refractivity contribution in [1.82, 2.24) is 9.97 Å². The van der Waals surface area contributed by atoms with Gasteiger partial charge >= 0.3 is 0 Å². The van der Waals surface area contributed by atoms with E-state index in [9.17, 15) is 0 Å². The zero-order valence-electron chi connectivity index (χ0n) is 23.5. The molecule has 4 rings (SSSR count). The van der Waals surface area contributed by atoms with Crippen LogP contribution in [0, 0.1) is 0 Å². The number of ether oxygens (including phenoxy) is 1. The SMILES string of the molecule is CC(C)[Si](OC[C@@H]1CNc2ncnc(N3CCC[C@H]3COCc3ccccc3)c2C=N1)(C(C)C)C(C)C. The lowest BCUT2D eigenvalue weighted by Crippen LogP contribution is -2.49. The molecule has 1 saturated heterocycles. The molecular formula is C29H45N5O2Si. The first-order valence-electron chi connectivity index (χ1n) is 14.0. The van der Waals surface area contributed by atoms with Crippen LogP contribution in [-0.4, -0.2) is 62.9 Å². The Morgan fingerprint density at radius 3 is 2.43 bits per heavy atom. The van der Waals surface area contributed by atoms with Crippen molar-refractivity contribution < 1.29 is 9.16 Å². The van der Waals surface area contributed by atoms with Gasteiger partial charge in [0, 0.05) is 19.3 Å². The second-order valence-electron chi connectivity index (χ2n) is 11.4. The topological polar surface area (TPSA) is 71.9 Å². The van der Waals surface area contributed by atoms with Crippen LogP contribution in [0.4, 0.5) is 11.6 Å². The standard InChI is InChI=1S/C29H45N5O2Si/c1-21(2)37(22(3)4,23(5)6)36-18-25-15-31-28-27(16-30-25)29(33-20-32-28)34-14-10-13-26(34)19-35-17-24-11-8-7-9-12-24/h7-9,11-12,16,20-23,25-26H,10,13-15,17-19H2,1-6H3,(H,31,32,33)/t25-,26-/m0/s1. The molecule has 2 atom stereocenters. The van der Waals surface area contributed by atoms with Gasteiger partial charge in [-0.15, -0.1) is 0 Å². The number of aromatic nitrogens is 2. The first-order chi connectivity index (χ1) is 17.8. The van der Waals surface area contributed by atoms with E-state index in [-0.39, 0.29) is 6.04 Å². The van der Waals surface area contributed by atoms with Gasteiger partial charge in [-0.1, -0.05) is 71.9 Å². The van der Waals surface area contributed by atoms with E-state index in [0.29, 0.717) is 49.0 Å². The third-order valence-corrected chi connectivity index (χ3v) is 14.2. The van der Waals surface area contributed by atoms with E-state index < -0.39 is 8.32 Å². The number of hydrogen-bond acceptors (Lipinski definition) is 7. The van der Waals surface area contributed by atoms with Gasteiger partial charge in [0.1, 0.15) is 18.0 Å². The molecule has 0 unspecified atom stereocenters. The summed E-state index contributed by atoms with van der Waals surface area (Å²) in [6.45, 7) is 17.6. The Balaban J connectivity index is 1.44. The lowest BCUT2D eigenvalue weighted by atomic mass is 10.2. The second-order valence-corrected chi connectivity index (χ2v) is 16.9. The smallest absolute Gasteiger partial charge is 0.200 e. The minimum absolute atomic E-state index is 0.0498. The molecule has 3 heterocycles. The molecule has 37 heavy (non-hydrogen) atoms. The third kappa shape index (κ3) is 6.24. The fourth-order valence-corrected chi connectivity index (χ4v) is 11.8. The largest absolute Gasteiger partial charge is 0.414 e. The summed E-state index contributed by atoms with van der Waals surface area (Å²) in [6.07, 6.45) is 5.87. The molecule has 0 bridgehead atoms. The monoisotopic (exact) mass is 523 g/mol. The van der Waals surface area contributed by atoms with Crippen LogP contribution < -0.4 is 10.2 Å². The van der Waals surface area contributed by atoms with E-state index in [4.69, 9.17) is 19.1 Å². The highest BCUT2D eigenvalue weighted by atomic mass is 28.4. The Labute approximate surface area is 224 Å². The molecule has 2 aliphatic heterocycles. The molecule has 0 saturated carbocycles. The van der Waals surface area contributed by atoms with Crippen LogP contribution in [-0.2, 0) is 15.8 Å². The van der Waals surface area contributed by atoms with E-state index in [1.165, 1.54) is 5.56 Å². The summed E-state index contributed by atoms with van der Waals surface area (Å²) >= 11 is 0. The summed E-state index contributed by atoms with van der Waals surface area (Å²) in [7, 11) is -1.94. The van der Waals surface area contributed by atoms with Crippen molar-refractivity contribution in [2.24, 2.45) is 4.99 Å². The average molecular weight is 524 g/mol. The van der Waals surface area contributed by atoms with E-state index in [1.807, 2.05) is 12.3 Å². The predicted molar refractivity (Wildman–Crippen MR) is 155 cm³/mol. The van der Waals surface area contributed by atoms with E-state index in [1.54, 1.807) is 6.33 Å². The Hall–Kier alpha value is -2.29. The van der Waals surface area contributed by atoms with Crippen LogP contribution in [0.25, 0.3) is 0 Å². The maximum atomic E-state index is 6.86. The number of rotatable bonds is 11. The van der Waals surface area contributed by atoms with Crippen molar-refractivity contribution >= 4 is 26.2 Å². The van der Waals surface area contributed by atoms with Crippen LogP contribution >= 0.6 is 0 Å². The Morgan fingerprint density at radius 2 is 1.73 bits per heavy atom. The lowest BCUT2D eigenvalue weighted by molar-refractivity contribution is 0.108. The number of nitrogens with zero attached hydrogens (tertiary/aromatic N) is 4.